The zero-order valence-electron chi connectivity index (χ0n) is 17.0. The van der Waals surface area contributed by atoms with Gasteiger partial charge in [-0.2, -0.15) is 0 Å². The molecule has 0 radical (unpaired) electrons. The number of anilines is 1. The molecule has 0 aliphatic heterocycles. The maximum absolute atomic E-state index is 14.9. The van der Waals surface area contributed by atoms with E-state index >= 15 is 0 Å². The second kappa shape index (κ2) is 9.86. The van der Waals surface area contributed by atoms with E-state index in [0.29, 0.717) is 39.3 Å². The van der Waals surface area contributed by atoms with Crippen LogP contribution in [-0.2, 0) is 29.2 Å². The quantitative estimate of drug-likeness (QED) is 0.507. The maximum Gasteiger partial charge on any atom is 0.307 e. The van der Waals surface area contributed by atoms with Crippen LogP contribution in [-0.4, -0.2) is 17.0 Å². The Bertz CT molecular complexity index is 1110. The summed E-state index contributed by atoms with van der Waals surface area (Å²) in [5.74, 6) is -1.18. The highest BCUT2D eigenvalue weighted by Crippen LogP contribution is 2.30. The van der Waals surface area contributed by atoms with E-state index in [0.717, 1.165) is 0 Å². The Morgan fingerprint density at radius 2 is 1.81 bits per heavy atom. The molecule has 0 atom stereocenters. The summed E-state index contributed by atoms with van der Waals surface area (Å²) in [4.78, 5) is 22.7. The Balaban J connectivity index is 1.95. The molecule has 1 amide bonds. The highest BCUT2D eigenvalue weighted by molar-refractivity contribution is 5.89. The molecule has 6 nitrogen and oxygen atoms in total. The summed E-state index contributed by atoms with van der Waals surface area (Å²) in [6.45, 7) is 1.57. The molecule has 3 aromatic rings. The van der Waals surface area contributed by atoms with Crippen LogP contribution in [0, 0.1) is 5.82 Å². The van der Waals surface area contributed by atoms with Gasteiger partial charge in [0, 0.05) is 35.8 Å². The summed E-state index contributed by atoms with van der Waals surface area (Å²) >= 11 is 0. The van der Waals surface area contributed by atoms with Crippen LogP contribution in [0.25, 0.3) is 11.1 Å². The van der Waals surface area contributed by atoms with Gasteiger partial charge >= 0.3 is 5.97 Å². The molecule has 4 N–H and O–H groups in total. The number of carboxylic acid groups (broad SMARTS) is 1. The highest BCUT2D eigenvalue weighted by Gasteiger charge is 2.13. The fraction of sp³-hybridized carbons (Fsp3) is 0.167. The Labute approximate surface area is 179 Å². The first-order valence-corrected chi connectivity index (χ1v) is 9.69. The molecule has 7 heteroatoms. The molecule has 160 valence electrons. The van der Waals surface area contributed by atoms with Gasteiger partial charge in [-0.15, -0.1) is 0 Å². The summed E-state index contributed by atoms with van der Waals surface area (Å²) in [5.41, 5.74) is 8.68. The van der Waals surface area contributed by atoms with Crippen molar-refractivity contribution in [3.63, 3.8) is 0 Å². The van der Waals surface area contributed by atoms with Gasteiger partial charge in [0.1, 0.15) is 18.2 Å². The van der Waals surface area contributed by atoms with Crippen LogP contribution in [0.4, 0.5) is 10.1 Å². The standard InChI is InChI=1S/C24H23FN2O4/c1-15(28)27-20-10-16(14-31-22-8-3-2-5-17(22)12-23(29)30)9-19(11-20)21-7-4-6-18(13-26)24(21)25/h2-11H,12-14,26H2,1H3,(H,27,28)(H,29,30). The number of carbonyl (C=O) groups excluding carboxylic acids is 1. The molecule has 0 aliphatic carbocycles. The van der Waals surface area contributed by atoms with E-state index in [1.54, 1.807) is 60.7 Å². The molecule has 3 rings (SSSR count). The Morgan fingerprint density at radius 1 is 1.06 bits per heavy atom. The monoisotopic (exact) mass is 422 g/mol. The fourth-order valence-electron chi connectivity index (χ4n) is 3.28. The van der Waals surface area contributed by atoms with Crippen molar-refractivity contribution in [2.75, 3.05) is 5.32 Å². The van der Waals surface area contributed by atoms with Crippen LogP contribution >= 0.6 is 0 Å². The van der Waals surface area contributed by atoms with E-state index in [-0.39, 0.29) is 25.5 Å². The zero-order chi connectivity index (χ0) is 22.4. The second-order valence-electron chi connectivity index (χ2n) is 7.05. The van der Waals surface area contributed by atoms with Crippen molar-refractivity contribution in [2.45, 2.75) is 26.5 Å². The zero-order valence-corrected chi connectivity index (χ0v) is 17.0. The number of hydrogen-bond donors (Lipinski definition) is 3. The van der Waals surface area contributed by atoms with E-state index in [4.69, 9.17) is 15.6 Å². The number of ether oxygens (including phenoxy) is 1. The van der Waals surface area contributed by atoms with Crippen molar-refractivity contribution < 1.29 is 23.8 Å². The largest absolute Gasteiger partial charge is 0.489 e. The highest BCUT2D eigenvalue weighted by atomic mass is 19.1. The maximum atomic E-state index is 14.9. The predicted molar refractivity (Wildman–Crippen MR) is 116 cm³/mol. The third kappa shape index (κ3) is 5.67. The van der Waals surface area contributed by atoms with Crippen molar-refractivity contribution in [3.05, 3.63) is 83.2 Å². The molecular weight excluding hydrogens is 399 g/mol. The first kappa shape index (κ1) is 22.0. The minimum atomic E-state index is -0.957. The molecule has 0 spiro atoms. The van der Waals surface area contributed by atoms with E-state index in [2.05, 4.69) is 5.32 Å². The third-order valence-electron chi connectivity index (χ3n) is 4.63. The second-order valence-corrected chi connectivity index (χ2v) is 7.05. The van der Waals surface area contributed by atoms with Gasteiger partial charge in [0.2, 0.25) is 5.91 Å². The van der Waals surface area contributed by atoms with Crippen molar-refractivity contribution >= 4 is 17.6 Å². The number of rotatable bonds is 8. The summed E-state index contributed by atoms with van der Waals surface area (Å²) < 4.78 is 20.7. The van der Waals surface area contributed by atoms with E-state index in [1.165, 1.54) is 6.92 Å². The number of para-hydroxylation sites is 1. The Hall–Kier alpha value is -3.71. The average Bonchev–Trinajstić information content (AvgIpc) is 2.72. The number of nitrogens with two attached hydrogens (primary N) is 1. The lowest BCUT2D eigenvalue weighted by atomic mass is 9.99. The van der Waals surface area contributed by atoms with Crippen molar-refractivity contribution in [2.24, 2.45) is 5.73 Å². The third-order valence-corrected chi connectivity index (χ3v) is 4.63. The summed E-state index contributed by atoms with van der Waals surface area (Å²) in [6.07, 6.45) is -0.162. The van der Waals surface area contributed by atoms with Crippen LogP contribution in [0.1, 0.15) is 23.6 Å². The minimum Gasteiger partial charge on any atom is -0.489 e. The predicted octanol–water partition coefficient (Wildman–Crippen LogP) is 4.12. The summed E-state index contributed by atoms with van der Waals surface area (Å²) in [5, 5.41) is 11.8. The van der Waals surface area contributed by atoms with Crippen molar-refractivity contribution in [3.8, 4) is 16.9 Å². The lowest BCUT2D eigenvalue weighted by molar-refractivity contribution is -0.136. The summed E-state index contributed by atoms with van der Waals surface area (Å²) in [7, 11) is 0. The molecule has 0 saturated heterocycles. The number of amides is 1. The van der Waals surface area contributed by atoms with Crippen molar-refractivity contribution in [1.82, 2.24) is 0 Å². The van der Waals surface area contributed by atoms with Gasteiger partial charge in [-0.25, -0.2) is 4.39 Å². The number of halogens is 1. The first-order valence-electron chi connectivity index (χ1n) is 9.69. The fourth-order valence-corrected chi connectivity index (χ4v) is 3.28. The lowest BCUT2D eigenvalue weighted by Crippen LogP contribution is -2.08. The molecular formula is C24H23FN2O4. The van der Waals surface area contributed by atoms with Gasteiger partial charge in [-0.1, -0.05) is 36.4 Å². The van der Waals surface area contributed by atoms with Gasteiger partial charge in [0.15, 0.2) is 0 Å². The van der Waals surface area contributed by atoms with Crippen LogP contribution in [0.15, 0.2) is 60.7 Å². The molecule has 0 unspecified atom stereocenters. The van der Waals surface area contributed by atoms with Crippen LogP contribution < -0.4 is 15.8 Å². The molecule has 0 heterocycles. The number of carbonyl (C=O) groups is 2. The SMILES string of the molecule is CC(=O)Nc1cc(COc2ccccc2CC(=O)O)cc(-c2cccc(CN)c2F)c1. The molecule has 3 aromatic carbocycles. The molecule has 0 bridgehead atoms. The normalized spacial score (nSPS) is 10.5. The Morgan fingerprint density at radius 3 is 2.52 bits per heavy atom. The molecule has 0 saturated carbocycles. The first-order chi connectivity index (χ1) is 14.9. The van der Waals surface area contributed by atoms with Gasteiger partial charge in [-0.05, 0) is 35.4 Å². The number of hydrogen-bond acceptors (Lipinski definition) is 4. The topological polar surface area (TPSA) is 102 Å². The minimum absolute atomic E-state index is 0.0708. The van der Waals surface area contributed by atoms with Gasteiger partial charge in [0.25, 0.3) is 0 Å². The number of carboxylic acids is 1. The van der Waals surface area contributed by atoms with Crippen LogP contribution in [0.5, 0.6) is 5.75 Å². The van der Waals surface area contributed by atoms with Crippen LogP contribution in [0.2, 0.25) is 0 Å². The molecule has 0 aromatic heterocycles. The number of nitrogens with one attached hydrogen (secondary N) is 1. The number of aliphatic carboxylic acids is 1. The van der Waals surface area contributed by atoms with Gasteiger partial charge < -0.3 is 20.9 Å². The molecule has 31 heavy (non-hydrogen) atoms. The van der Waals surface area contributed by atoms with Crippen molar-refractivity contribution in [1.29, 1.82) is 0 Å². The summed E-state index contributed by atoms with van der Waals surface area (Å²) in [6, 6.07) is 17.1. The smallest absolute Gasteiger partial charge is 0.307 e. The lowest BCUT2D eigenvalue weighted by Gasteiger charge is -2.14. The number of benzene rings is 3. The van der Waals surface area contributed by atoms with Gasteiger partial charge in [-0.3, -0.25) is 9.59 Å². The molecule has 0 aliphatic rings. The molecule has 0 fully saturated rings. The van der Waals surface area contributed by atoms with Crippen LogP contribution in [0.3, 0.4) is 0 Å². The van der Waals surface area contributed by atoms with E-state index in [1.807, 2.05) is 0 Å². The Kier molecular flexibility index (Phi) is 6.99. The van der Waals surface area contributed by atoms with E-state index in [9.17, 15) is 14.0 Å². The van der Waals surface area contributed by atoms with E-state index < -0.39 is 11.8 Å². The van der Waals surface area contributed by atoms with Gasteiger partial charge in [0.05, 0.1) is 6.42 Å². The average molecular weight is 422 g/mol.